The van der Waals surface area contributed by atoms with Crippen molar-refractivity contribution in [1.29, 1.82) is 0 Å². The summed E-state index contributed by atoms with van der Waals surface area (Å²) in [4.78, 5) is 24.0. The van der Waals surface area contributed by atoms with Crippen molar-refractivity contribution in [1.82, 2.24) is 9.78 Å². The van der Waals surface area contributed by atoms with Gasteiger partial charge in [-0.2, -0.15) is 5.10 Å². The highest BCUT2D eigenvalue weighted by Crippen LogP contribution is 2.26. The Bertz CT molecular complexity index is 1090. The van der Waals surface area contributed by atoms with Gasteiger partial charge in [-0.15, -0.1) is 0 Å². The lowest BCUT2D eigenvalue weighted by Gasteiger charge is -2.08. The van der Waals surface area contributed by atoms with E-state index in [-0.39, 0.29) is 23.6 Å². The van der Waals surface area contributed by atoms with Crippen molar-refractivity contribution in [3.63, 3.8) is 0 Å². The van der Waals surface area contributed by atoms with E-state index in [9.17, 15) is 18.4 Å². The average Bonchev–Trinajstić information content (AvgIpc) is 3.16. The number of amides is 2. The molecule has 2 N–H and O–H groups in total. The number of carbonyl (C=O) groups excluding carboxylic acids is 2. The molecule has 6 nitrogen and oxygen atoms in total. The first-order chi connectivity index (χ1) is 12.9. The third-order valence-corrected chi connectivity index (χ3v) is 4.38. The van der Waals surface area contributed by atoms with Crippen LogP contribution >= 0.6 is 0 Å². The molecule has 3 aromatic rings. The van der Waals surface area contributed by atoms with Crippen LogP contribution in [0.5, 0.6) is 0 Å². The second-order valence-corrected chi connectivity index (χ2v) is 6.20. The number of carbonyl (C=O) groups is 2. The molecule has 1 aromatic heterocycles. The molecule has 1 aliphatic heterocycles. The quantitative estimate of drug-likeness (QED) is 0.745. The van der Waals surface area contributed by atoms with Gasteiger partial charge in [-0.3, -0.25) is 9.59 Å². The van der Waals surface area contributed by atoms with E-state index in [1.807, 2.05) is 0 Å². The monoisotopic (exact) mass is 368 g/mol. The van der Waals surface area contributed by atoms with Gasteiger partial charge in [0.05, 0.1) is 23.9 Å². The zero-order valence-electron chi connectivity index (χ0n) is 14.2. The third-order valence-electron chi connectivity index (χ3n) is 4.38. The van der Waals surface area contributed by atoms with Crippen LogP contribution in [0.3, 0.4) is 0 Å². The van der Waals surface area contributed by atoms with Gasteiger partial charge in [0, 0.05) is 17.4 Å². The molecule has 0 saturated heterocycles. The van der Waals surface area contributed by atoms with Crippen molar-refractivity contribution >= 4 is 23.2 Å². The van der Waals surface area contributed by atoms with Crippen LogP contribution in [0.25, 0.3) is 5.69 Å². The van der Waals surface area contributed by atoms with Gasteiger partial charge in [0.2, 0.25) is 5.91 Å². The van der Waals surface area contributed by atoms with E-state index in [0.717, 1.165) is 23.4 Å². The Morgan fingerprint density at radius 3 is 2.81 bits per heavy atom. The first-order valence-electron chi connectivity index (χ1n) is 8.16. The fraction of sp³-hybridized carbons (Fsp3) is 0.105. The molecule has 0 saturated carbocycles. The van der Waals surface area contributed by atoms with Crippen LogP contribution in [0.4, 0.5) is 20.2 Å². The molecule has 4 rings (SSSR count). The van der Waals surface area contributed by atoms with Crippen molar-refractivity contribution in [2.45, 2.75) is 13.3 Å². The lowest BCUT2D eigenvalue weighted by molar-refractivity contribution is -0.115. The normalized spacial score (nSPS) is 12.6. The fourth-order valence-electron chi connectivity index (χ4n) is 3.03. The highest BCUT2D eigenvalue weighted by atomic mass is 19.1. The number of nitrogens with zero attached hydrogens (tertiary/aromatic N) is 2. The van der Waals surface area contributed by atoms with Crippen LogP contribution in [0.1, 0.15) is 21.6 Å². The van der Waals surface area contributed by atoms with E-state index in [1.54, 1.807) is 25.1 Å². The van der Waals surface area contributed by atoms with Gasteiger partial charge >= 0.3 is 0 Å². The maximum atomic E-state index is 14.0. The minimum Gasteiger partial charge on any atom is -0.326 e. The highest BCUT2D eigenvalue weighted by molar-refractivity contribution is 6.06. The van der Waals surface area contributed by atoms with Gasteiger partial charge in [-0.1, -0.05) is 0 Å². The Kier molecular flexibility index (Phi) is 3.95. The van der Waals surface area contributed by atoms with E-state index < -0.39 is 17.5 Å². The third kappa shape index (κ3) is 3.05. The van der Waals surface area contributed by atoms with Crippen molar-refractivity contribution in [3.05, 3.63) is 71.1 Å². The zero-order chi connectivity index (χ0) is 19.1. The molecule has 2 heterocycles. The number of nitrogens with one attached hydrogen (secondary N) is 2. The Morgan fingerprint density at radius 2 is 2.04 bits per heavy atom. The maximum absolute atomic E-state index is 14.0. The summed E-state index contributed by atoms with van der Waals surface area (Å²) in [5.74, 6) is -1.97. The first kappa shape index (κ1) is 16.9. The number of benzene rings is 2. The molecule has 136 valence electrons. The van der Waals surface area contributed by atoms with Crippen molar-refractivity contribution < 1.29 is 18.4 Å². The number of aromatic nitrogens is 2. The molecule has 0 atom stereocenters. The Labute approximate surface area is 152 Å². The molecular formula is C19H14F2N4O2. The number of hydrogen-bond donors (Lipinski definition) is 2. The zero-order valence-corrected chi connectivity index (χ0v) is 14.2. The Balaban J connectivity index is 1.59. The van der Waals surface area contributed by atoms with Crippen molar-refractivity contribution in [2.75, 3.05) is 10.6 Å². The van der Waals surface area contributed by atoms with Crippen LogP contribution in [0.15, 0.2) is 42.6 Å². The molecule has 2 aromatic carbocycles. The average molecular weight is 368 g/mol. The van der Waals surface area contributed by atoms with E-state index in [4.69, 9.17) is 0 Å². The van der Waals surface area contributed by atoms with Crippen LogP contribution < -0.4 is 10.6 Å². The minimum absolute atomic E-state index is 0.0510. The number of halogens is 2. The summed E-state index contributed by atoms with van der Waals surface area (Å²) in [7, 11) is 0. The summed E-state index contributed by atoms with van der Waals surface area (Å²) in [6.45, 7) is 1.62. The molecule has 0 radical (unpaired) electrons. The lowest BCUT2D eigenvalue weighted by atomic mass is 10.1. The molecule has 8 heteroatoms. The van der Waals surface area contributed by atoms with Gasteiger partial charge < -0.3 is 10.6 Å². The van der Waals surface area contributed by atoms with E-state index in [2.05, 4.69) is 15.7 Å². The molecule has 1 aliphatic rings. The number of hydrogen-bond acceptors (Lipinski definition) is 3. The van der Waals surface area contributed by atoms with Crippen LogP contribution in [0.2, 0.25) is 0 Å². The molecule has 27 heavy (non-hydrogen) atoms. The standard InChI is InChI=1S/C19H14F2N4O2/c1-10-14(9-22-25(10)17-5-2-12(20)8-15(17)21)19(27)23-13-3-4-16-11(6-13)7-18(26)24-16/h2-6,8-9H,7H2,1H3,(H,23,27)(H,24,26). The van der Waals surface area contributed by atoms with E-state index in [0.29, 0.717) is 11.4 Å². The predicted octanol–water partition coefficient (Wildman–Crippen LogP) is 3.21. The van der Waals surface area contributed by atoms with E-state index in [1.165, 1.54) is 16.9 Å². The molecule has 0 spiro atoms. The van der Waals surface area contributed by atoms with Gasteiger partial charge in [-0.25, -0.2) is 13.5 Å². The second-order valence-electron chi connectivity index (χ2n) is 6.20. The van der Waals surface area contributed by atoms with Gasteiger partial charge in [0.15, 0.2) is 5.82 Å². The van der Waals surface area contributed by atoms with Crippen LogP contribution in [-0.2, 0) is 11.2 Å². The lowest BCUT2D eigenvalue weighted by Crippen LogP contribution is -2.13. The summed E-state index contributed by atoms with van der Waals surface area (Å²) in [5.41, 5.74) is 2.79. The number of fused-ring (bicyclic) bond motifs is 1. The largest absolute Gasteiger partial charge is 0.326 e. The minimum atomic E-state index is -0.774. The summed E-state index contributed by atoms with van der Waals surface area (Å²) >= 11 is 0. The summed E-state index contributed by atoms with van der Waals surface area (Å²) in [6.07, 6.45) is 1.59. The second kappa shape index (κ2) is 6.31. The molecule has 0 bridgehead atoms. The molecular weight excluding hydrogens is 354 g/mol. The van der Waals surface area contributed by atoms with Gasteiger partial charge in [0.1, 0.15) is 11.5 Å². The Morgan fingerprint density at radius 1 is 1.22 bits per heavy atom. The predicted molar refractivity (Wildman–Crippen MR) is 94.9 cm³/mol. The number of rotatable bonds is 3. The SMILES string of the molecule is Cc1c(C(=O)Nc2ccc3c(c2)CC(=O)N3)cnn1-c1ccc(F)cc1F. The number of anilines is 2. The molecule has 0 fully saturated rings. The van der Waals surface area contributed by atoms with Crippen molar-refractivity contribution in [2.24, 2.45) is 0 Å². The topological polar surface area (TPSA) is 76.0 Å². The van der Waals surface area contributed by atoms with Crippen LogP contribution in [0, 0.1) is 18.6 Å². The molecule has 0 aliphatic carbocycles. The van der Waals surface area contributed by atoms with Crippen molar-refractivity contribution in [3.8, 4) is 5.69 Å². The molecule has 2 amide bonds. The smallest absolute Gasteiger partial charge is 0.259 e. The van der Waals surface area contributed by atoms with Gasteiger partial charge in [0.25, 0.3) is 5.91 Å². The summed E-state index contributed by atoms with van der Waals surface area (Å²) < 4.78 is 28.3. The first-order valence-corrected chi connectivity index (χ1v) is 8.16. The Hall–Kier alpha value is -3.55. The maximum Gasteiger partial charge on any atom is 0.259 e. The van der Waals surface area contributed by atoms with E-state index >= 15 is 0 Å². The highest BCUT2D eigenvalue weighted by Gasteiger charge is 2.20. The van der Waals surface area contributed by atoms with Crippen LogP contribution in [-0.4, -0.2) is 21.6 Å². The fourth-order valence-corrected chi connectivity index (χ4v) is 3.03. The summed E-state index contributed by atoms with van der Waals surface area (Å²) in [6, 6.07) is 8.28. The van der Waals surface area contributed by atoms with Gasteiger partial charge in [-0.05, 0) is 42.8 Å². The molecule has 0 unspecified atom stereocenters. The summed E-state index contributed by atoms with van der Waals surface area (Å²) in [5, 5.41) is 9.51.